The Morgan fingerprint density at radius 2 is 2.18 bits per heavy atom. The fraction of sp³-hybridized carbons (Fsp3) is 0.556. The summed E-state index contributed by atoms with van der Waals surface area (Å²) in [5.41, 5.74) is 0. The number of ether oxygens (including phenoxy) is 1. The van der Waals surface area contributed by atoms with Gasteiger partial charge in [-0.1, -0.05) is 11.6 Å². The number of rotatable bonds is 6. The molecule has 0 saturated carbocycles. The Labute approximate surface area is 115 Å². The van der Waals surface area contributed by atoms with Gasteiger partial charge in [-0.2, -0.15) is 4.31 Å². The summed E-state index contributed by atoms with van der Waals surface area (Å²) in [5, 5.41) is -0.379. The summed E-state index contributed by atoms with van der Waals surface area (Å²) in [6, 6.07) is 3.04. The minimum atomic E-state index is -3.50. The molecule has 0 fully saturated rings. The van der Waals surface area contributed by atoms with E-state index < -0.39 is 10.0 Å². The lowest BCUT2D eigenvalue weighted by Crippen LogP contribution is -2.33. The van der Waals surface area contributed by atoms with Gasteiger partial charge in [0.1, 0.15) is 4.21 Å². The highest BCUT2D eigenvalue weighted by Gasteiger charge is 2.24. The molecule has 0 aliphatic heterocycles. The van der Waals surface area contributed by atoms with E-state index >= 15 is 0 Å². The molecule has 1 unspecified atom stereocenters. The molecule has 1 aromatic rings. The molecule has 0 aromatic carbocycles. The lowest BCUT2D eigenvalue weighted by molar-refractivity contribution is 0.192. The number of hydrogen-bond acceptors (Lipinski definition) is 4. The Hall–Kier alpha value is 0.150. The first-order valence-corrected chi connectivity index (χ1v) is 7.79. The third-order valence-corrected chi connectivity index (χ3v) is 5.80. The molecule has 0 radical (unpaired) electrons. The number of thiophene rings is 1. The average molecular weight is 318 g/mol. The monoisotopic (exact) mass is 317 g/mol. The van der Waals surface area contributed by atoms with Crippen molar-refractivity contribution in [1.29, 1.82) is 0 Å². The van der Waals surface area contributed by atoms with Gasteiger partial charge in [-0.3, -0.25) is 0 Å². The summed E-state index contributed by atoms with van der Waals surface area (Å²) in [6.07, 6.45) is 0. The molecule has 0 aliphatic carbocycles. The fourth-order valence-corrected chi connectivity index (χ4v) is 4.53. The van der Waals surface area contributed by atoms with Gasteiger partial charge in [-0.05, 0) is 12.1 Å². The number of methoxy groups -OCH3 is 1. The summed E-state index contributed by atoms with van der Waals surface area (Å²) in [6.45, 7) is 0.486. The maximum Gasteiger partial charge on any atom is 0.252 e. The molecular weight excluding hydrogens is 305 g/mol. The van der Waals surface area contributed by atoms with E-state index in [9.17, 15) is 8.42 Å². The van der Waals surface area contributed by atoms with Gasteiger partial charge in [0.25, 0.3) is 10.0 Å². The van der Waals surface area contributed by atoms with Crippen molar-refractivity contribution in [3.8, 4) is 0 Å². The Kier molecular flexibility index (Phi) is 5.69. The van der Waals surface area contributed by atoms with Crippen LogP contribution in [0.5, 0.6) is 0 Å². The normalized spacial score (nSPS) is 14.2. The van der Waals surface area contributed by atoms with Crippen molar-refractivity contribution >= 4 is 44.6 Å². The highest BCUT2D eigenvalue weighted by atomic mass is 35.5. The van der Waals surface area contributed by atoms with Crippen LogP contribution >= 0.6 is 34.5 Å². The number of nitrogens with zero attached hydrogens (tertiary/aromatic N) is 1. The Balaban J connectivity index is 2.77. The predicted octanol–water partition coefficient (Wildman–Crippen LogP) is 2.28. The first kappa shape index (κ1) is 15.2. The smallest absolute Gasteiger partial charge is 0.252 e. The van der Waals surface area contributed by atoms with Crippen molar-refractivity contribution < 1.29 is 13.2 Å². The third kappa shape index (κ3) is 4.08. The van der Waals surface area contributed by atoms with Gasteiger partial charge in [0.2, 0.25) is 0 Å². The van der Waals surface area contributed by atoms with Gasteiger partial charge in [0.05, 0.1) is 16.3 Å². The van der Waals surface area contributed by atoms with Crippen LogP contribution in [0.2, 0.25) is 4.34 Å². The van der Waals surface area contributed by atoms with Gasteiger partial charge in [0, 0.05) is 20.7 Å². The highest BCUT2D eigenvalue weighted by Crippen LogP contribution is 2.27. The van der Waals surface area contributed by atoms with Crippen LogP contribution in [0.1, 0.15) is 0 Å². The van der Waals surface area contributed by atoms with E-state index in [0.29, 0.717) is 10.9 Å². The molecule has 0 bridgehead atoms. The van der Waals surface area contributed by atoms with Crippen LogP contribution in [0.25, 0.3) is 0 Å². The van der Waals surface area contributed by atoms with E-state index in [0.717, 1.165) is 11.3 Å². The van der Waals surface area contributed by atoms with Crippen LogP contribution in [0.3, 0.4) is 0 Å². The van der Waals surface area contributed by atoms with E-state index in [1.165, 1.54) is 24.5 Å². The molecule has 1 rings (SSSR count). The zero-order valence-electron chi connectivity index (χ0n) is 9.39. The molecule has 0 amide bonds. The highest BCUT2D eigenvalue weighted by molar-refractivity contribution is 7.91. The number of sulfonamides is 1. The second kappa shape index (κ2) is 6.36. The molecular formula is C9H13Cl2NO3S2. The topological polar surface area (TPSA) is 46.6 Å². The molecule has 1 heterocycles. The van der Waals surface area contributed by atoms with E-state index in [1.807, 2.05) is 0 Å². The Morgan fingerprint density at radius 1 is 1.53 bits per heavy atom. The van der Waals surface area contributed by atoms with Crippen molar-refractivity contribution in [2.75, 3.05) is 27.3 Å². The van der Waals surface area contributed by atoms with Crippen LogP contribution in [0, 0.1) is 0 Å². The van der Waals surface area contributed by atoms with Crippen molar-refractivity contribution in [2.45, 2.75) is 9.59 Å². The third-order valence-electron chi connectivity index (χ3n) is 2.02. The van der Waals surface area contributed by atoms with E-state index in [-0.39, 0.29) is 16.1 Å². The molecule has 17 heavy (non-hydrogen) atoms. The van der Waals surface area contributed by atoms with Gasteiger partial charge in [0.15, 0.2) is 0 Å². The lowest BCUT2D eigenvalue weighted by Gasteiger charge is -2.18. The maximum absolute atomic E-state index is 12.1. The second-order valence-electron chi connectivity index (χ2n) is 3.40. The summed E-state index contributed by atoms with van der Waals surface area (Å²) < 4.78 is 30.8. The van der Waals surface area contributed by atoms with E-state index in [2.05, 4.69) is 0 Å². The molecule has 98 valence electrons. The first-order valence-electron chi connectivity index (χ1n) is 4.72. The number of hydrogen-bond donors (Lipinski definition) is 0. The number of halogens is 2. The van der Waals surface area contributed by atoms with Crippen molar-refractivity contribution in [3.63, 3.8) is 0 Å². The van der Waals surface area contributed by atoms with Crippen molar-refractivity contribution in [2.24, 2.45) is 0 Å². The van der Waals surface area contributed by atoms with Gasteiger partial charge < -0.3 is 4.74 Å². The largest absolute Gasteiger partial charge is 0.383 e. The summed E-state index contributed by atoms with van der Waals surface area (Å²) in [7, 11) is -0.507. The zero-order chi connectivity index (χ0) is 13.1. The average Bonchev–Trinajstić information content (AvgIpc) is 2.65. The van der Waals surface area contributed by atoms with Gasteiger partial charge >= 0.3 is 0 Å². The fourth-order valence-electron chi connectivity index (χ4n) is 1.20. The zero-order valence-corrected chi connectivity index (χ0v) is 12.5. The molecule has 1 atom stereocenters. The maximum atomic E-state index is 12.1. The molecule has 0 aliphatic rings. The summed E-state index contributed by atoms with van der Waals surface area (Å²) in [5.74, 6) is 0. The minimum Gasteiger partial charge on any atom is -0.383 e. The SMILES string of the molecule is COCC(Cl)CN(C)S(=O)(=O)c1ccc(Cl)s1. The molecule has 8 heteroatoms. The van der Waals surface area contributed by atoms with Crippen LogP contribution in [0.4, 0.5) is 0 Å². The van der Waals surface area contributed by atoms with Gasteiger partial charge in [-0.15, -0.1) is 22.9 Å². The van der Waals surface area contributed by atoms with Gasteiger partial charge in [-0.25, -0.2) is 8.42 Å². The Bertz CT molecular complexity index is 461. The van der Waals surface area contributed by atoms with Crippen LogP contribution in [0.15, 0.2) is 16.3 Å². The molecule has 4 nitrogen and oxygen atoms in total. The van der Waals surface area contributed by atoms with Crippen LogP contribution in [-0.4, -0.2) is 45.4 Å². The molecule has 0 saturated heterocycles. The van der Waals surface area contributed by atoms with E-state index in [4.69, 9.17) is 27.9 Å². The summed E-state index contributed by atoms with van der Waals surface area (Å²) >= 11 is 12.7. The standard InChI is InChI=1S/C9H13Cl2NO3S2/c1-12(5-7(10)6-15-2)17(13,14)9-4-3-8(11)16-9/h3-4,7H,5-6H2,1-2H3. The van der Waals surface area contributed by atoms with Crippen LogP contribution in [-0.2, 0) is 14.8 Å². The predicted molar refractivity (Wildman–Crippen MR) is 70.7 cm³/mol. The first-order chi connectivity index (χ1) is 7.87. The number of alkyl halides is 1. The lowest BCUT2D eigenvalue weighted by atomic mass is 10.4. The minimum absolute atomic E-state index is 0.188. The molecule has 0 N–H and O–H groups in total. The molecule has 0 spiro atoms. The van der Waals surface area contributed by atoms with Crippen LogP contribution < -0.4 is 0 Å². The molecule has 1 aromatic heterocycles. The van der Waals surface area contributed by atoms with Crippen molar-refractivity contribution in [3.05, 3.63) is 16.5 Å². The quantitative estimate of drug-likeness (QED) is 0.756. The summed E-state index contributed by atoms with van der Waals surface area (Å²) in [4.78, 5) is 0. The second-order valence-corrected chi connectivity index (χ2v) is 8.00. The Morgan fingerprint density at radius 3 is 2.65 bits per heavy atom. The van der Waals surface area contributed by atoms with E-state index in [1.54, 1.807) is 6.07 Å². The van der Waals surface area contributed by atoms with Crippen molar-refractivity contribution in [1.82, 2.24) is 4.31 Å².